The Bertz CT molecular complexity index is 870. The molecule has 0 saturated heterocycles. The monoisotopic (exact) mass is 277 g/mol. The van der Waals surface area contributed by atoms with Crippen LogP contribution >= 0.6 is 0 Å². The van der Waals surface area contributed by atoms with Crippen molar-refractivity contribution >= 4 is 24.0 Å². The van der Waals surface area contributed by atoms with Crippen molar-refractivity contribution in [3.8, 4) is 5.69 Å². The summed E-state index contributed by atoms with van der Waals surface area (Å²) in [6.45, 7) is 0. The van der Waals surface area contributed by atoms with Gasteiger partial charge in [-0.15, -0.1) is 0 Å². The fourth-order valence-electron chi connectivity index (χ4n) is 2.96. The quantitative estimate of drug-likeness (QED) is 0.729. The topological polar surface area (TPSA) is 49.2 Å². The third-order valence-corrected chi connectivity index (χ3v) is 3.93. The maximum absolute atomic E-state index is 8.95. The minimum absolute atomic E-state index is 0.680. The maximum atomic E-state index is 8.95. The van der Waals surface area contributed by atoms with E-state index in [0.717, 1.165) is 17.5 Å². The lowest BCUT2D eigenvalue weighted by Gasteiger charge is -2.08. The van der Waals surface area contributed by atoms with Crippen molar-refractivity contribution in [1.82, 2.24) is 9.88 Å². The van der Waals surface area contributed by atoms with Crippen molar-refractivity contribution in [1.29, 1.82) is 0 Å². The number of allylic oxidation sites excluding steroid dienone is 2. The maximum Gasteiger partial charge on any atom is 0.0698 e. The summed E-state index contributed by atoms with van der Waals surface area (Å²) in [5, 5.41) is 14.5. The zero-order valence-electron chi connectivity index (χ0n) is 11.4. The van der Waals surface area contributed by atoms with Gasteiger partial charge in [0.2, 0.25) is 0 Å². The van der Waals surface area contributed by atoms with Crippen LogP contribution in [-0.4, -0.2) is 9.77 Å². The molecule has 0 spiro atoms. The number of hydrogen-bond acceptors (Lipinski definition) is 3. The first-order valence-corrected chi connectivity index (χ1v) is 6.92. The molecule has 1 aliphatic heterocycles. The van der Waals surface area contributed by atoms with Crippen LogP contribution in [0.15, 0.2) is 42.6 Å². The average Bonchev–Trinajstić information content (AvgIpc) is 2.90. The second-order valence-electron chi connectivity index (χ2n) is 5.10. The summed E-state index contributed by atoms with van der Waals surface area (Å²) in [5.41, 5.74) is 6.54. The van der Waals surface area contributed by atoms with E-state index < -0.39 is 0 Å². The zero-order valence-corrected chi connectivity index (χ0v) is 11.4. The van der Waals surface area contributed by atoms with Crippen molar-refractivity contribution in [3.63, 3.8) is 0 Å². The van der Waals surface area contributed by atoms with E-state index in [2.05, 4.69) is 39.7 Å². The van der Waals surface area contributed by atoms with Crippen molar-refractivity contribution in [2.24, 2.45) is 0 Å². The largest absolute Gasteiger partial charge is 0.366 e. The molecule has 2 heterocycles. The van der Waals surface area contributed by atoms with Gasteiger partial charge in [-0.25, -0.2) is 0 Å². The fraction of sp³-hybridized carbons (Fsp3) is 0.0588. The van der Waals surface area contributed by atoms with E-state index in [1.807, 2.05) is 36.7 Å². The van der Waals surface area contributed by atoms with Crippen LogP contribution < -0.4 is 21.5 Å². The van der Waals surface area contributed by atoms with Gasteiger partial charge < -0.3 is 9.88 Å². The first-order valence-electron chi connectivity index (χ1n) is 6.92. The molecule has 0 amide bonds. The Balaban J connectivity index is 2.03. The molecule has 3 N–H and O–H groups in total. The third-order valence-electron chi connectivity index (χ3n) is 3.93. The van der Waals surface area contributed by atoms with Crippen molar-refractivity contribution in [2.45, 2.75) is 6.42 Å². The molecule has 0 unspecified atom stereocenters. The van der Waals surface area contributed by atoms with E-state index in [1.54, 1.807) is 0 Å². The summed E-state index contributed by atoms with van der Waals surface area (Å²) in [5.74, 6) is 0. The lowest BCUT2D eigenvalue weighted by Crippen LogP contribution is -2.28. The highest BCUT2D eigenvalue weighted by molar-refractivity contribution is 5.64. The van der Waals surface area contributed by atoms with Crippen molar-refractivity contribution in [3.05, 3.63) is 64.4 Å². The number of aromatic nitrogens is 1. The Labute approximate surface area is 122 Å². The van der Waals surface area contributed by atoms with Gasteiger partial charge in [0.05, 0.1) is 16.4 Å². The molecule has 0 bridgehead atoms. The Kier molecular flexibility index (Phi) is 2.69. The van der Waals surface area contributed by atoms with Gasteiger partial charge in [-0.2, -0.15) is 0 Å². The van der Waals surface area contributed by atoms with Crippen LogP contribution in [0.5, 0.6) is 0 Å². The minimum atomic E-state index is 0.680. The second-order valence-corrected chi connectivity index (χ2v) is 5.10. The Morgan fingerprint density at radius 3 is 2.81 bits per heavy atom. The van der Waals surface area contributed by atoms with Crippen LogP contribution in [0.3, 0.4) is 0 Å². The minimum Gasteiger partial charge on any atom is -0.366 e. The molecule has 21 heavy (non-hydrogen) atoms. The van der Waals surface area contributed by atoms with Crippen molar-refractivity contribution < 1.29 is 5.21 Å². The van der Waals surface area contributed by atoms with E-state index in [9.17, 15) is 0 Å². The van der Waals surface area contributed by atoms with Gasteiger partial charge in [-0.3, -0.25) is 10.7 Å². The van der Waals surface area contributed by atoms with Crippen molar-refractivity contribution in [2.75, 3.05) is 5.48 Å². The first-order chi connectivity index (χ1) is 10.4. The molecule has 2 aliphatic rings. The molecule has 1 aromatic carbocycles. The van der Waals surface area contributed by atoms with E-state index in [0.29, 0.717) is 5.69 Å². The van der Waals surface area contributed by atoms with Gasteiger partial charge in [0, 0.05) is 23.7 Å². The molecule has 2 aromatic rings. The molecule has 0 saturated carbocycles. The van der Waals surface area contributed by atoms with Gasteiger partial charge in [-0.1, -0.05) is 12.2 Å². The average molecular weight is 277 g/mol. The summed E-state index contributed by atoms with van der Waals surface area (Å²) in [4.78, 5) is 0. The Morgan fingerprint density at radius 2 is 2.00 bits per heavy atom. The number of benzene rings is 1. The summed E-state index contributed by atoms with van der Waals surface area (Å²) in [6, 6.07) is 7.71. The summed E-state index contributed by atoms with van der Waals surface area (Å²) >= 11 is 0. The lowest BCUT2D eigenvalue weighted by atomic mass is 10.0. The zero-order chi connectivity index (χ0) is 14.2. The summed E-state index contributed by atoms with van der Waals surface area (Å²) in [7, 11) is 0. The van der Waals surface area contributed by atoms with Crippen LogP contribution in [0.25, 0.3) is 24.0 Å². The molecular formula is C17H15N3O. The predicted octanol–water partition coefficient (Wildman–Crippen LogP) is 1.48. The molecule has 4 nitrogen and oxygen atoms in total. The molecule has 4 rings (SSSR count). The van der Waals surface area contributed by atoms with E-state index in [4.69, 9.17) is 5.21 Å². The molecule has 1 aliphatic carbocycles. The van der Waals surface area contributed by atoms with Gasteiger partial charge in [-0.05, 0) is 48.4 Å². The van der Waals surface area contributed by atoms with Gasteiger partial charge in [0.15, 0.2) is 0 Å². The van der Waals surface area contributed by atoms with Gasteiger partial charge in [0.25, 0.3) is 0 Å². The normalized spacial score (nSPS) is 14.5. The van der Waals surface area contributed by atoms with Crippen LogP contribution in [0.1, 0.15) is 11.1 Å². The molecular weight excluding hydrogens is 262 g/mol. The number of fused-ring (bicyclic) bond motifs is 3. The standard InChI is InChI=1S/C17H15N3O/c21-19-12-5-7-13(8-6-12)20-16-4-2-1-3-14(16)15-9-10-18-11-17(15)20/h1-2,4-11,18-19,21H,3H2. The molecule has 0 atom stereocenters. The predicted molar refractivity (Wildman–Crippen MR) is 84.4 cm³/mol. The first kappa shape index (κ1) is 12.1. The van der Waals surface area contributed by atoms with Crippen LogP contribution in [0.4, 0.5) is 5.69 Å². The Hall–Kier alpha value is -2.72. The van der Waals surface area contributed by atoms with Gasteiger partial charge >= 0.3 is 0 Å². The molecule has 0 fully saturated rings. The van der Waals surface area contributed by atoms with Crippen LogP contribution in [0, 0.1) is 0 Å². The smallest absolute Gasteiger partial charge is 0.0698 e. The summed E-state index contributed by atoms with van der Waals surface area (Å²) < 4.78 is 2.24. The van der Waals surface area contributed by atoms with E-state index in [1.165, 1.54) is 16.5 Å². The number of rotatable bonds is 2. The molecule has 4 heteroatoms. The number of anilines is 1. The van der Waals surface area contributed by atoms with Crippen LogP contribution in [-0.2, 0) is 6.42 Å². The van der Waals surface area contributed by atoms with Crippen LogP contribution in [0.2, 0.25) is 0 Å². The molecule has 1 aromatic heterocycles. The Morgan fingerprint density at radius 1 is 1.14 bits per heavy atom. The number of hydrogen-bond donors (Lipinski definition) is 3. The second kappa shape index (κ2) is 4.68. The highest BCUT2D eigenvalue weighted by Gasteiger charge is 2.15. The lowest BCUT2D eigenvalue weighted by molar-refractivity contribution is 0.389. The third kappa shape index (κ3) is 1.80. The molecule has 104 valence electrons. The van der Waals surface area contributed by atoms with E-state index in [-0.39, 0.29) is 0 Å². The SMILES string of the molecule is ONc1ccc(-n2c3c(c4c2=CC=CC4)C=CNC=3)cc1. The number of nitrogens with zero attached hydrogens (tertiary/aromatic N) is 1. The molecule has 0 radical (unpaired) electrons. The number of nitrogens with one attached hydrogen (secondary N) is 2. The highest BCUT2D eigenvalue weighted by Crippen LogP contribution is 2.15. The highest BCUT2D eigenvalue weighted by atomic mass is 16.5. The van der Waals surface area contributed by atoms with Gasteiger partial charge in [0.1, 0.15) is 0 Å². The fourth-order valence-corrected chi connectivity index (χ4v) is 2.96. The summed E-state index contributed by atoms with van der Waals surface area (Å²) in [6.07, 6.45) is 13.5. The van der Waals surface area contributed by atoms with E-state index >= 15 is 0 Å².